The van der Waals surface area contributed by atoms with Gasteiger partial charge in [0.05, 0.1) is 12.5 Å². The maximum Gasteiger partial charge on any atom is 0.309 e. The van der Waals surface area contributed by atoms with E-state index < -0.39 is 0 Å². The Hall–Kier alpha value is -2.83. The summed E-state index contributed by atoms with van der Waals surface area (Å²) in [5, 5.41) is 3.46. The van der Waals surface area contributed by atoms with Crippen LogP contribution in [-0.4, -0.2) is 53.1 Å². The molecule has 1 N–H and O–H groups in total. The predicted octanol–water partition coefficient (Wildman–Crippen LogP) is 2.59. The van der Waals surface area contributed by atoms with Crippen LogP contribution in [-0.2, 0) is 22.6 Å². The van der Waals surface area contributed by atoms with E-state index in [1.165, 1.54) is 11.1 Å². The SMILES string of the molecule is CCOC(=O)C1CCN(C(=NC)NCc2cccc(Cn3ccnc3C)c2)CC1. The van der Waals surface area contributed by atoms with Gasteiger partial charge in [-0.15, -0.1) is 0 Å². The number of nitrogens with zero attached hydrogens (tertiary/aromatic N) is 4. The highest BCUT2D eigenvalue weighted by molar-refractivity contribution is 5.80. The van der Waals surface area contributed by atoms with E-state index in [1.54, 1.807) is 7.05 Å². The summed E-state index contributed by atoms with van der Waals surface area (Å²) >= 11 is 0. The Balaban J connectivity index is 1.53. The first-order chi connectivity index (χ1) is 14.1. The molecule has 29 heavy (non-hydrogen) atoms. The number of rotatable bonds is 6. The molecule has 156 valence electrons. The molecule has 0 saturated carbocycles. The lowest BCUT2D eigenvalue weighted by atomic mass is 9.97. The van der Waals surface area contributed by atoms with Gasteiger partial charge in [0.15, 0.2) is 5.96 Å². The molecule has 1 aliphatic heterocycles. The topological polar surface area (TPSA) is 71.8 Å². The van der Waals surface area contributed by atoms with E-state index in [2.05, 4.69) is 49.0 Å². The monoisotopic (exact) mass is 397 g/mol. The van der Waals surface area contributed by atoms with Crippen LogP contribution in [0.1, 0.15) is 36.7 Å². The van der Waals surface area contributed by atoms with Crippen LogP contribution in [0.4, 0.5) is 0 Å². The normalized spacial score (nSPS) is 15.4. The molecule has 2 aromatic rings. The van der Waals surface area contributed by atoms with Gasteiger partial charge < -0.3 is 19.5 Å². The van der Waals surface area contributed by atoms with Crippen molar-refractivity contribution in [3.05, 3.63) is 53.6 Å². The predicted molar refractivity (Wildman–Crippen MR) is 114 cm³/mol. The van der Waals surface area contributed by atoms with E-state index in [-0.39, 0.29) is 11.9 Å². The van der Waals surface area contributed by atoms with Gasteiger partial charge in [0.25, 0.3) is 0 Å². The molecule has 1 saturated heterocycles. The van der Waals surface area contributed by atoms with E-state index in [0.29, 0.717) is 13.2 Å². The lowest BCUT2D eigenvalue weighted by Gasteiger charge is -2.33. The van der Waals surface area contributed by atoms with Crippen molar-refractivity contribution in [2.24, 2.45) is 10.9 Å². The second kappa shape index (κ2) is 10.1. The highest BCUT2D eigenvalue weighted by atomic mass is 16.5. The van der Waals surface area contributed by atoms with Crippen molar-refractivity contribution in [3.63, 3.8) is 0 Å². The lowest BCUT2D eigenvalue weighted by molar-refractivity contribution is -0.149. The number of likely N-dealkylation sites (tertiary alicyclic amines) is 1. The van der Waals surface area contributed by atoms with Crippen molar-refractivity contribution in [2.45, 2.75) is 39.8 Å². The van der Waals surface area contributed by atoms with E-state index in [1.807, 2.05) is 26.2 Å². The molecule has 0 aliphatic carbocycles. The molecule has 0 bridgehead atoms. The lowest BCUT2D eigenvalue weighted by Crippen LogP contribution is -2.46. The van der Waals surface area contributed by atoms with Gasteiger partial charge in [0.2, 0.25) is 0 Å². The number of guanidine groups is 1. The van der Waals surface area contributed by atoms with Crippen LogP contribution in [0.15, 0.2) is 41.7 Å². The van der Waals surface area contributed by atoms with Gasteiger partial charge in [0, 0.05) is 45.6 Å². The minimum Gasteiger partial charge on any atom is -0.466 e. The highest BCUT2D eigenvalue weighted by Gasteiger charge is 2.27. The van der Waals surface area contributed by atoms with E-state index in [9.17, 15) is 4.79 Å². The zero-order valence-corrected chi connectivity index (χ0v) is 17.6. The molecule has 1 aromatic carbocycles. The number of ether oxygens (including phenoxy) is 1. The molecule has 0 atom stereocenters. The van der Waals surface area contributed by atoms with E-state index in [0.717, 1.165) is 44.3 Å². The van der Waals surface area contributed by atoms with Crippen molar-refractivity contribution in [2.75, 3.05) is 26.7 Å². The number of nitrogens with one attached hydrogen (secondary N) is 1. The Morgan fingerprint density at radius 3 is 2.72 bits per heavy atom. The highest BCUT2D eigenvalue weighted by Crippen LogP contribution is 2.19. The average Bonchev–Trinajstić information content (AvgIpc) is 3.14. The minimum atomic E-state index is -0.0694. The van der Waals surface area contributed by atoms with Gasteiger partial charge in [0.1, 0.15) is 5.82 Å². The zero-order chi connectivity index (χ0) is 20.6. The number of benzene rings is 1. The smallest absolute Gasteiger partial charge is 0.309 e. The summed E-state index contributed by atoms with van der Waals surface area (Å²) in [6, 6.07) is 8.56. The zero-order valence-electron chi connectivity index (χ0n) is 17.6. The molecule has 7 heteroatoms. The molecule has 1 aliphatic rings. The summed E-state index contributed by atoms with van der Waals surface area (Å²) in [6.45, 7) is 7.45. The number of aryl methyl sites for hydroxylation is 1. The van der Waals surface area contributed by atoms with Crippen LogP contribution < -0.4 is 5.32 Å². The van der Waals surface area contributed by atoms with Crippen molar-refractivity contribution in [1.29, 1.82) is 0 Å². The number of piperidine rings is 1. The molecule has 1 aromatic heterocycles. The van der Waals surface area contributed by atoms with Crippen molar-refractivity contribution in [3.8, 4) is 0 Å². The van der Waals surface area contributed by atoms with Gasteiger partial charge in [-0.2, -0.15) is 0 Å². The molecule has 1 fully saturated rings. The fourth-order valence-electron chi connectivity index (χ4n) is 3.71. The van der Waals surface area contributed by atoms with Crippen LogP contribution in [0.5, 0.6) is 0 Å². The van der Waals surface area contributed by atoms with E-state index in [4.69, 9.17) is 4.74 Å². The summed E-state index contributed by atoms with van der Waals surface area (Å²) < 4.78 is 7.29. The first-order valence-electron chi connectivity index (χ1n) is 10.3. The summed E-state index contributed by atoms with van der Waals surface area (Å²) in [6.07, 6.45) is 5.44. The Labute approximate surface area is 172 Å². The maximum atomic E-state index is 11.9. The van der Waals surface area contributed by atoms with Crippen LogP contribution in [0.3, 0.4) is 0 Å². The van der Waals surface area contributed by atoms with Gasteiger partial charge in [-0.3, -0.25) is 9.79 Å². The minimum absolute atomic E-state index is 0.00706. The molecule has 2 heterocycles. The molecule has 3 rings (SSSR count). The Morgan fingerprint density at radius 1 is 1.31 bits per heavy atom. The molecule has 7 nitrogen and oxygen atoms in total. The molecule has 0 radical (unpaired) electrons. The van der Waals surface area contributed by atoms with Gasteiger partial charge in [-0.1, -0.05) is 24.3 Å². The quantitative estimate of drug-likeness (QED) is 0.461. The Bertz CT molecular complexity index is 837. The largest absolute Gasteiger partial charge is 0.466 e. The molecular formula is C22H31N5O2. The number of aromatic nitrogens is 2. The second-order valence-electron chi connectivity index (χ2n) is 7.34. The van der Waals surface area contributed by atoms with Crippen LogP contribution >= 0.6 is 0 Å². The van der Waals surface area contributed by atoms with Crippen molar-refractivity contribution < 1.29 is 9.53 Å². The summed E-state index contributed by atoms with van der Waals surface area (Å²) in [5.74, 6) is 1.83. The van der Waals surface area contributed by atoms with Crippen molar-refractivity contribution >= 4 is 11.9 Å². The maximum absolute atomic E-state index is 11.9. The fraction of sp³-hybridized carbons (Fsp3) is 0.500. The number of hydrogen-bond acceptors (Lipinski definition) is 4. The van der Waals surface area contributed by atoms with E-state index >= 15 is 0 Å². The molecule has 0 unspecified atom stereocenters. The second-order valence-corrected chi connectivity index (χ2v) is 7.34. The number of hydrogen-bond donors (Lipinski definition) is 1. The average molecular weight is 398 g/mol. The molecule has 0 spiro atoms. The molecule has 0 amide bonds. The fourth-order valence-corrected chi connectivity index (χ4v) is 3.71. The first kappa shape index (κ1) is 20.9. The third-order valence-corrected chi connectivity index (χ3v) is 5.34. The van der Waals surface area contributed by atoms with Gasteiger partial charge in [-0.25, -0.2) is 4.98 Å². The number of carbonyl (C=O) groups is 1. The first-order valence-corrected chi connectivity index (χ1v) is 10.3. The standard InChI is InChI=1S/C22H31N5O2/c1-4-29-21(28)20-8-11-26(12-9-20)22(23-3)25-15-18-6-5-7-19(14-18)16-27-13-10-24-17(27)2/h5-7,10,13-14,20H,4,8-9,11-12,15-16H2,1-3H3,(H,23,25). The van der Waals surface area contributed by atoms with Gasteiger partial charge >= 0.3 is 5.97 Å². The molecular weight excluding hydrogens is 366 g/mol. The number of carbonyl (C=O) groups excluding carboxylic acids is 1. The van der Waals surface area contributed by atoms with Crippen LogP contribution in [0.25, 0.3) is 0 Å². The van der Waals surface area contributed by atoms with Crippen molar-refractivity contribution in [1.82, 2.24) is 19.8 Å². The van der Waals surface area contributed by atoms with Crippen LogP contribution in [0.2, 0.25) is 0 Å². The summed E-state index contributed by atoms with van der Waals surface area (Å²) in [7, 11) is 1.80. The number of esters is 1. The number of imidazole rings is 1. The summed E-state index contributed by atoms with van der Waals surface area (Å²) in [5.41, 5.74) is 2.46. The third kappa shape index (κ3) is 5.59. The third-order valence-electron chi connectivity index (χ3n) is 5.34. The van der Waals surface area contributed by atoms with Gasteiger partial charge in [-0.05, 0) is 37.8 Å². The summed E-state index contributed by atoms with van der Waals surface area (Å²) in [4.78, 5) is 22.9. The number of aliphatic imine (C=N–C) groups is 1. The van der Waals surface area contributed by atoms with Crippen LogP contribution in [0, 0.1) is 12.8 Å². The Morgan fingerprint density at radius 2 is 2.07 bits per heavy atom. The Kier molecular flexibility index (Phi) is 7.27.